The molecule has 3 atom stereocenters. The number of anilines is 2. The summed E-state index contributed by atoms with van der Waals surface area (Å²) >= 11 is 0. The number of alkyl halides is 6. The van der Waals surface area contributed by atoms with Crippen molar-refractivity contribution in [2.24, 2.45) is 5.92 Å². The van der Waals surface area contributed by atoms with Crippen LogP contribution in [-0.4, -0.2) is 75.4 Å². The van der Waals surface area contributed by atoms with Gasteiger partial charge in [0.25, 0.3) is 11.5 Å². The Morgan fingerprint density at radius 2 is 1.72 bits per heavy atom. The first kappa shape index (κ1) is 28.6. The molecule has 2 aliphatic rings. The average molecular weight is 564 g/mol. The lowest BCUT2D eigenvalue weighted by Gasteiger charge is -2.36. The molecule has 2 N–H and O–H groups in total. The summed E-state index contributed by atoms with van der Waals surface area (Å²) in [6.07, 6.45) is -6.72. The van der Waals surface area contributed by atoms with Gasteiger partial charge in [0.1, 0.15) is 11.7 Å². The maximum absolute atomic E-state index is 13.3. The van der Waals surface area contributed by atoms with E-state index in [4.69, 9.17) is 4.74 Å². The Bertz CT molecular complexity index is 1210. The van der Waals surface area contributed by atoms with Crippen molar-refractivity contribution in [2.75, 3.05) is 36.5 Å². The second-order valence-corrected chi connectivity index (χ2v) is 9.74. The van der Waals surface area contributed by atoms with E-state index in [1.54, 1.807) is 21.8 Å². The molecular weight excluding hydrogens is 536 g/mol. The summed E-state index contributed by atoms with van der Waals surface area (Å²) in [5.41, 5.74) is -4.18. The Morgan fingerprint density at radius 3 is 2.31 bits per heavy atom. The summed E-state index contributed by atoms with van der Waals surface area (Å²) in [7, 11) is 0. The molecule has 2 fully saturated rings. The fraction of sp³-hybridized carbons (Fsp3) is 0.609. The quantitative estimate of drug-likeness (QED) is 0.495. The van der Waals surface area contributed by atoms with Gasteiger partial charge in [-0.15, -0.1) is 0 Å². The van der Waals surface area contributed by atoms with Gasteiger partial charge in [-0.05, 0) is 19.8 Å². The van der Waals surface area contributed by atoms with Crippen molar-refractivity contribution in [1.29, 1.82) is 0 Å². The first-order valence-corrected chi connectivity index (χ1v) is 12.2. The summed E-state index contributed by atoms with van der Waals surface area (Å²) in [4.78, 5) is 35.9. The summed E-state index contributed by atoms with van der Waals surface area (Å²) in [5.74, 6) is -0.213. The number of aromatic nitrogens is 4. The van der Waals surface area contributed by atoms with Crippen LogP contribution in [0.3, 0.4) is 0 Å². The molecule has 0 saturated carbocycles. The van der Waals surface area contributed by atoms with Crippen molar-refractivity contribution in [1.82, 2.24) is 25.1 Å². The number of halogens is 6. The van der Waals surface area contributed by atoms with Crippen LogP contribution in [0.15, 0.2) is 23.4 Å². The van der Waals surface area contributed by atoms with Crippen molar-refractivity contribution < 1.29 is 35.9 Å². The number of rotatable bonds is 7. The SMILES string of the molecule is CC(CO[C@@H]1C(=O)N(C2CCN(c3ncc(C(F)(F)F)cn3)CC2)C[C@H]1C)Nc1cn[nH]c(=O)c1C(F)(F)F. The fourth-order valence-corrected chi connectivity index (χ4v) is 4.82. The van der Waals surface area contributed by atoms with Crippen LogP contribution in [-0.2, 0) is 21.9 Å². The van der Waals surface area contributed by atoms with Gasteiger partial charge in [-0.25, -0.2) is 15.1 Å². The van der Waals surface area contributed by atoms with Crippen molar-refractivity contribution in [3.8, 4) is 0 Å². The second-order valence-electron chi connectivity index (χ2n) is 9.74. The normalized spacial score (nSPS) is 21.9. The minimum absolute atomic E-state index is 0.0949. The number of piperidine rings is 1. The van der Waals surface area contributed by atoms with Crippen molar-refractivity contribution in [3.05, 3.63) is 40.1 Å². The van der Waals surface area contributed by atoms with E-state index in [9.17, 15) is 35.9 Å². The van der Waals surface area contributed by atoms with Crippen LogP contribution in [0.1, 0.15) is 37.8 Å². The first-order valence-electron chi connectivity index (χ1n) is 12.2. The fourth-order valence-electron chi connectivity index (χ4n) is 4.82. The van der Waals surface area contributed by atoms with Gasteiger partial charge in [0.05, 0.1) is 24.1 Å². The Balaban J connectivity index is 1.30. The van der Waals surface area contributed by atoms with Gasteiger partial charge < -0.3 is 19.9 Å². The topological polar surface area (TPSA) is 116 Å². The minimum atomic E-state index is -4.88. The van der Waals surface area contributed by atoms with Gasteiger partial charge >= 0.3 is 12.4 Å². The molecule has 1 unspecified atom stereocenters. The molecule has 39 heavy (non-hydrogen) atoms. The highest BCUT2D eigenvalue weighted by Crippen LogP contribution is 2.33. The van der Waals surface area contributed by atoms with Gasteiger partial charge in [-0.2, -0.15) is 31.4 Å². The predicted molar refractivity (Wildman–Crippen MR) is 126 cm³/mol. The Hall–Kier alpha value is -3.43. The molecule has 0 aliphatic carbocycles. The number of ether oxygens (including phenoxy) is 1. The lowest BCUT2D eigenvalue weighted by atomic mass is 10.0. The molecule has 4 heterocycles. The second kappa shape index (κ2) is 11.0. The molecule has 2 aliphatic heterocycles. The van der Waals surface area contributed by atoms with Crippen LogP contribution in [0.25, 0.3) is 0 Å². The van der Waals surface area contributed by atoms with Gasteiger partial charge in [-0.3, -0.25) is 9.59 Å². The van der Waals surface area contributed by atoms with E-state index in [1.165, 1.54) is 0 Å². The number of nitrogens with one attached hydrogen (secondary N) is 2. The molecule has 2 aromatic rings. The first-order chi connectivity index (χ1) is 18.3. The number of likely N-dealkylation sites (tertiary alicyclic amines) is 1. The van der Waals surface area contributed by atoms with Crippen LogP contribution in [0.2, 0.25) is 0 Å². The molecule has 10 nitrogen and oxygen atoms in total. The van der Waals surface area contributed by atoms with Crippen LogP contribution in [0.5, 0.6) is 0 Å². The molecule has 0 spiro atoms. The number of hydrogen-bond donors (Lipinski definition) is 2. The van der Waals surface area contributed by atoms with E-state index < -0.39 is 46.9 Å². The Kier molecular flexibility index (Phi) is 8.04. The monoisotopic (exact) mass is 563 g/mol. The van der Waals surface area contributed by atoms with Gasteiger partial charge in [0.15, 0.2) is 0 Å². The maximum atomic E-state index is 13.3. The molecule has 2 aromatic heterocycles. The van der Waals surface area contributed by atoms with E-state index >= 15 is 0 Å². The van der Waals surface area contributed by atoms with Crippen LogP contribution in [0.4, 0.5) is 38.0 Å². The third kappa shape index (κ3) is 6.42. The lowest BCUT2D eigenvalue weighted by molar-refractivity contribution is -0.140. The number of H-pyrrole nitrogens is 1. The zero-order valence-corrected chi connectivity index (χ0v) is 21.0. The highest BCUT2D eigenvalue weighted by atomic mass is 19.4. The Morgan fingerprint density at radius 1 is 1.08 bits per heavy atom. The smallest absolute Gasteiger partial charge is 0.378 e. The number of aromatic amines is 1. The summed E-state index contributed by atoms with van der Waals surface area (Å²) in [6, 6.07) is -0.776. The third-order valence-electron chi connectivity index (χ3n) is 6.75. The molecule has 0 aromatic carbocycles. The van der Waals surface area contributed by atoms with Gasteiger partial charge in [0, 0.05) is 50.0 Å². The number of hydrogen-bond acceptors (Lipinski definition) is 8. The number of carbonyl (C=O) groups is 1. The lowest BCUT2D eigenvalue weighted by Crippen LogP contribution is -2.47. The maximum Gasteiger partial charge on any atom is 0.423 e. The summed E-state index contributed by atoms with van der Waals surface area (Å²) < 4.78 is 83.9. The molecule has 4 rings (SSSR count). The van der Waals surface area contributed by atoms with E-state index in [2.05, 4.69) is 20.4 Å². The number of carbonyl (C=O) groups excluding carboxylic acids is 1. The summed E-state index contributed by atoms with van der Waals surface area (Å²) in [5, 5.41) is 7.77. The minimum Gasteiger partial charge on any atom is -0.378 e. The van der Waals surface area contributed by atoms with Crippen molar-refractivity contribution in [2.45, 2.75) is 57.2 Å². The summed E-state index contributed by atoms with van der Waals surface area (Å²) in [6.45, 7) is 4.64. The van der Waals surface area contributed by atoms with Crippen LogP contribution >= 0.6 is 0 Å². The number of amides is 1. The number of nitrogens with zero attached hydrogens (tertiary/aromatic N) is 5. The average Bonchev–Trinajstić information content (AvgIpc) is 3.14. The van der Waals surface area contributed by atoms with Crippen LogP contribution < -0.4 is 15.8 Å². The highest BCUT2D eigenvalue weighted by Gasteiger charge is 2.43. The largest absolute Gasteiger partial charge is 0.423 e. The zero-order chi connectivity index (χ0) is 28.5. The van der Waals surface area contributed by atoms with Gasteiger partial charge in [0.2, 0.25) is 5.95 Å². The molecule has 2 saturated heterocycles. The van der Waals surface area contributed by atoms with E-state index in [-0.39, 0.29) is 30.4 Å². The standard InChI is InChI=1S/C23H27F6N7O3/c1-12-10-36(15-3-5-35(6-4-15)21-30-7-14(8-31-21)22(24,25)26)20(38)18(12)39-11-13(2)33-16-9-32-34-19(37)17(16)23(27,28)29/h7-9,12-13,15,18H,3-6,10-11H2,1-2H3,(H2,33,34,37)/t12-,13?,18+/m1/s1. The zero-order valence-electron chi connectivity index (χ0n) is 21.0. The molecule has 0 radical (unpaired) electrons. The van der Waals surface area contributed by atoms with Crippen molar-refractivity contribution in [3.63, 3.8) is 0 Å². The molecule has 214 valence electrons. The predicted octanol–water partition coefficient (Wildman–Crippen LogP) is 2.93. The van der Waals surface area contributed by atoms with Crippen molar-refractivity contribution >= 4 is 17.5 Å². The third-order valence-corrected chi connectivity index (χ3v) is 6.75. The molecular formula is C23H27F6N7O3. The van der Waals surface area contributed by atoms with E-state index in [0.717, 1.165) is 18.6 Å². The van der Waals surface area contributed by atoms with Crippen LogP contribution in [0, 0.1) is 5.92 Å². The molecule has 16 heteroatoms. The Labute approximate surface area is 218 Å². The van der Waals surface area contributed by atoms with Gasteiger partial charge in [-0.1, -0.05) is 6.92 Å². The van der Waals surface area contributed by atoms with E-state index in [0.29, 0.717) is 32.5 Å². The molecule has 1 amide bonds. The van der Waals surface area contributed by atoms with E-state index in [1.807, 2.05) is 6.92 Å². The highest BCUT2D eigenvalue weighted by molar-refractivity contribution is 5.84. The molecule has 0 bridgehead atoms.